The fourth-order valence-corrected chi connectivity index (χ4v) is 3.05. The summed E-state index contributed by atoms with van der Waals surface area (Å²) in [5, 5.41) is 0.687. The summed E-state index contributed by atoms with van der Waals surface area (Å²) in [5.74, 6) is 0.778. The number of hydrogen-bond acceptors (Lipinski definition) is 3. The van der Waals surface area contributed by atoms with Crippen LogP contribution in [0.5, 0.6) is 0 Å². The molecule has 1 aromatic heterocycles. The van der Waals surface area contributed by atoms with Crippen molar-refractivity contribution in [2.75, 3.05) is 20.6 Å². The molecule has 1 aliphatic rings. The third kappa shape index (κ3) is 2.72. The number of halogens is 1. The van der Waals surface area contributed by atoms with Gasteiger partial charge >= 0.3 is 0 Å². The average Bonchev–Trinajstić information content (AvgIpc) is 3.17. The van der Waals surface area contributed by atoms with Gasteiger partial charge in [-0.2, -0.15) is 0 Å². The van der Waals surface area contributed by atoms with Gasteiger partial charge < -0.3 is 9.88 Å². The molecule has 5 heteroatoms. The highest BCUT2D eigenvalue weighted by Crippen LogP contribution is 2.41. The molecule has 1 aromatic carbocycles. The van der Waals surface area contributed by atoms with Gasteiger partial charge in [-0.1, -0.05) is 29.8 Å². The highest BCUT2D eigenvalue weighted by molar-refractivity contribution is 6.33. The molecule has 1 atom stereocenters. The molecule has 2 heterocycles. The van der Waals surface area contributed by atoms with Crippen LogP contribution in [-0.2, 0) is 5.54 Å². The Balaban J connectivity index is 2.12. The van der Waals surface area contributed by atoms with E-state index in [4.69, 9.17) is 16.6 Å². The second-order valence-corrected chi connectivity index (χ2v) is 6.12. The zero-order valence-electron chi connectivity index (χ0n) is 12.8. The first-order valence-electron chi connectivity index (χ1n) is 7.29. The summed E-state index contributed by atoms with van der Waals surface area (Å²) in [5.41, 5.74) is 1.63. The Morgan fingerprint density at radius 2 is 2.18 bits per heavy atom. The van der Waals surface area contributed by atoms with Crippen molar-refractivity contribution >= 4 is 17.8 Å². The largest absolute Gasteiger partial charge is 0.345 e. The van der Waals surface area contributed by atoms with Crippen LogP contribution in [0.1, 0.15) is 12.0 Å². The zero-order chi connectivity index (χ0) is 15.6. The summed E-state index contributed by atoms with van der Waals surface area (Å²) < 4.78 is 0. The van der Waals surface area contributed by atoms with Crippen molar-refractivity contribution in [2.45, 2.75) is 12.0 Å². The Hall–Kier alpha value is -1.91. The van der Waals surface area contributed by atoms with E-state index in [0.717, 1.165) is 29.9 Å². The number of hydrogen-bond donors (Lipinski definition) is 1. The van der Waals surface area contributed by atoms with Gasteiger partial charge in [-0.3, -0.25) is 4.99 Å². The van der Waals surface area contributed by atoms with Crippen LogP contribution in [0.3, 0.4) is 0 Å². The second kappa shape index (κ2) is 6.07. The monoisotopic (exact) mass is 314 g/mol. The maximum atomic E-state index is 6.48. The SMILES string of the molecule is CN(C)CCC1(c2cccc(Cl)c2-c2ncc[nH]2)C=CC=N1. The molecular formula is C17H19ClN4. The van der Waals surface area contributed by atoms with Crippen LogP contribution in [0.2, 0.25) is 5.02 Å². The minimum absolute atomic E-state index is 0.378. The van der Waals surface area contributed by atoms with Gasteiger partial charge in [0.1, 0.15) is 11.4 Å². The van der Waals surface area contributed by atoms with Crippen LogP contribution in [0.15, 0.2) is 47.7 Å². The van der Waals surface area contributed by atoms with Crippen molar-refractivity contribution in [3.8, 4) is 11.4 Å². The van der Waals surface area contributed by atoms with Gasteiger partial charge in [-0.15, -0.1) is 0 Å². The molecule has 3 rings (SSSR count). The lowest BCUT2D eigenvalue weighted by Gasteiger charge is -2.28. The number of imidazole rings is 1. The van der Waals surface area contributed by atoms with Crippen molar-refractivity contribution in [3.05, 3.63) is 53.3 Å². The van der Waals surface area contributed by atoms with Crippen LogP contribution in [0, 0.1) is 0 Å². The zero-order valence-corrected chi connectivity index (χ0v) is 13.5. The molecule has 0 amide bonds. The number of nitrogens with zero attached hydrogens (tertiary/aromatic N) is 3. The molecule has 1 unspecified atom stereocenters. The van der Waals surface area contributed by atoms with Gasteiger partial charge in [-0.25, -0.2) is 4.98 Å². The Morgan fingerprint density at radius 1 is 1.32 bits per heavy atom. The molecule has 0 bridgehead atoms. The van der Waals surface area contributed by atoms with E-state index in [1.165, 1.54) is 0 Å². The van der Waals surface area contributed by atoms with E-state index in [1.807, 2.05) is 30.6 Å². The lowest BCUT2D eigenvalue weighted by molar-refractivity contribution is 0.356. The smallest absolute Gasteiger partial charge is 0.139 e. The molecule has 1 N–H and O–H groups in total. The van der Waals surface area contributed by atoms with E-state index >= 15 is 0 Å². The van der Waals surface area contributed by atoms with Gasteiger partial charge in [0.2, 0.25) is 0 Å². The van der Waals surface area contributed by atoms with E-state index in [-0.39, 0.29) is 5.54 Å². The van der Waals surface area contributed by atoms with Gasteiger partial charge in [0, 0.05) is 30.7 Å². The van der Waals surface area contributed by atoms with Gasteiger partial charge in [0.05, 0.1) is 5.02 Å². The molecule has 2 aromatic rings. The molecule has 1 aliphatic heterocycles. The standard InChI is InChI=1S/C17H19ClN4/c1-22(2)12-8-17(7-4-9-21-17)13-5-3-6-14(18)15(13)16-19-10-11-20-16/h3-7,9-11H,8,12H2,1-2H3,(H,19,20). The normalized spacial score (nSPS) is 20.2. The average molecular weight is 315 g/mol. The second-order valence-electron chi connectivity index (χ2n) is 5.71. The van der Waals surface area contributed by atoms with Crippen molar-refractivity contribution < 1.29 is 0 Å². The van der Waals surface area contributed by atoms with E-state index in [0.29, 0.717) is 5.02 Å². The van der Waals surface area contributed by atoms with Crippen molar-refractivity contribution in [1.29, 1.82) is 0 Å². The fraction of sp³-hybridized carbons (Fsp3) is 0.294. The van der Waals surface area contributed by atoms with Crippen LogP contribution >= 0.6 is 11.6 Å². The maximum absolute atomic E-state index is 6.48. The first kappa shape index (κ1) is 15.0. The van der Waals surface area contributed by atoms with Crippen LogP contribution in [0.4, 0.5) is 0 Å². The van der Waals surface area contributed by atoms with E-state index in [1.54, 1.807) is 6.20 Å². The molecule has 0 radical (unpaired) electrons. The molecule has 0 fully saturated rings. The number of aromatic amines is 1. The van der Waals surface area contributed by atoms with Gasteiger partial charge in [0.15, 0.2) is 0 Å². The first-order chi connectivity index (χ1) is 10.6. The van der Waals surface area contributed by atoms with Crippen LogP contribution in [-0.4, -0.2) is 41.7 Å². The lowest BCUT2D eigenvalue weighted by atomic mass is 9.84. The predicted octanol–water partition coefficient (Wildman–Crippen LogP) is 3.52. The van der Waals surface area contributed by atoms with Crippen LogP contribution < -0.4 is 0 Å². The minimum atomic E-state index is -0.378. The van der Waals surface area contributed by atoms with Crippen LogP contribution in [0.25, 0.3) is 11.4 Å². The van der Waals surface area contributed by atoms with E-state index in [2.05, 4.69) is 41.1 Å². The lowest BCUT2D eigenvalue weighted by Crippen LogP contribution is -2.27. The molecule has 4 nitrogen and oxygen atoms in total. The molecular weight excluding hydrogens is 296 g/mol. The predicted molar refractivity (Wildman–Crippen MR) is 91.5 cm³/mol. The number of H-pyrrole nitrogens is 1. The highest BCUT2D eigenvalue weighted by atomic mass is 35.5. The number of aromatic nitrogens is 2. The van der Waals surface area contributed by atoms with Gasteiger partial charge in [-0.05, 0) is 38.2 Å². The molecule has 0 spiro atoms. The summed E-state index contributed by atoms with van der Waals surface area (Å²) >= 11 is 6.48. The molecule has 0 aliphatic carbocycles. The number of allylic oxidation sites excluding steroid dienone is 1. The quantitative estimate of drug-likeness (QED) is 0.917. The molecule has 114 valence electrons. The molecule has 0 saturated carbocycles. The number of benzene rings is 1. The Morgan fingerprint density at radius 3 is 2.82 bits per heavy atom. The summed E-state index contributed by atoms with van der Waals surface area (Å²) in [6.45, 7) is 0.936. The Labute approximate surface area is 135 Å². The van der Waals surface area contributed by atoms with E-state index < -0.39 is 0 Å². The Kier molecular flexibility index (Phi) is 4.14. The topological polar surface area (TPSA) is 44.3 Å². The summed E-state index contributed by atoms with van der Waals surface area (Å²) in [6, 6.07) is 5.96. The van der Waals surface area contributed by atoms with Crippen molar-refractivity contribution in [2.24, 2.45) is 4.99 Å². The third-order valence-electron chi connectivity index (χ3n) is 3.92. The van der Waals surface area contributed by atoms with Crippen molar-refractivity contribution in [1.82, 2.24) is 14.9 Å². The summed E-state index contributed by atoms with van der Waals surface area (Å²) in [7, 11) is 4.14. The maximum Gasteiger partial charge on any atom is 0.139 e. The fourth-order valence-electron chi connectivity index (χ4n) is 2.78. The van der Waals surface area contributed by atoms with Crippen molar-refractivity contribution in [3.63, 3.8) is 0 Å². The molecule has 0 saturated heterocycles. The van der Waals surface area contributed by atoms with E-state index in [9.17, 15) is 0 Å². The summed E-state index contributed by atoms with van der Waals surface area (Å²) in [6.07, 6.45) is 10.5. The van der Waals surface area contributed by atoms with Gasteiger partial charge in [0.25, 0.3) is 0 Å². The summed E-state index contributed by atoms with van der Waals surface area (Å²) in [4.78, 5) is 14.5. The highest BCUT2D eigenvalue weighted by Gasteiger charge is 2.33. The molecule has 22 heavy (non-hydrogen) atoms. The Bertz CT molecular complexity index is 689. The number of aliphatic imine (C=N–C) groups is 1. The minimum Gasteiger partial charge on any atom is -0.345 e. The number of nitrogens with one attached hydrogen (secondary N) is 1. The first-order valence-corrected chi connectivity index (χ1v) is 7.67. The number of rotatable bonds is 5. The third-order valence-corrected chi connectivity index (χ3v) is 4.23.